The third-order valence-electron chi connectivity index (χ3n) is 5.83. The summed E-state index contributed by atoms with van der Waals surface area (Å²) in [5.74, 6) is 1.50. The molecule has 3 aliphatic rings. The van der Waals surface area contributed by atoms with Gasteiger partial charge in [-0.05, 0) is 73.9 Å². The van der Waals surface area contributed by atoms with Crippen LogP contribution in [0.2, 0.25) is 0 Å². The van der Waals surface area contributed by atoms with Gasteiger partial charge in [0.25, 0.3) is 0 Å². The molecule has 5 rings (SSSR count). The maximum absolute atomic E-state index is 6.38. The van der Waals surface area contributed by atoms with E-state index in [4.69, 9.17) is 14.1 Å². The summed E-state index contributed by atoms with van der Waals surface area (Å²) in [6.45, 7) is 9.07. The van der Waals surface area contributed by atoms with E-state index in [1.54, 1.807) is 7.11 Å². The molecule has 0 N–H and O–H groups in total. The average Bonchev–Trinajstić information content (AvgIpc) is 3.29. The Bertz CT molecular complexity index is 1090. The van der Waals surface area contributed by atoms with Gasteiger partial charge in [-0.2, -0.15) is 0 Å². The molecule has 27 heavy (non-hydrogen) atoms. The minimum Gasteiger partial charge on any atom is -0.497 e. The van der Waals surface area contributed by atoms with Gasteiger partial charge < -0.3 is 9.15 Å². The van der Waals surface area contributed by atoms with Gasteiger partial charge in [0.15, 0.2) is 5.42 Å². The fourth-order valence-corrected chi connectivity index (χ4v) is 7.35. The van der Waals surface area contributed by atoms with E-state index in [0.29, 0.717) is 5.89 Å². The van der Waals surface area contributed by atoms with Crippen molar-refractivity contribution < 1.29 is 9.15 Å². The van der Waals surface area contributed by atoms with Crippen LogP contribution in [0.15, 0.2) is 50.6 Å². The minimum atomic E-state index is -0.0605. The summed E-state index contributed by atoms with van der Waals surface area (Å²) in [7, 11) is 1.67. The van der Waals surface area contributed by atoms with E-state index in [9.17, 15) is 0 Å². The van der Waals surface area contributed by atoms with E-state index in [1.165, 1.54) is 21.0 Å². The van der Waals surface area contributed by atoms with Gasteiger partial charge in [0.05, 0.1) is 16.6 Å². The number of nitrogens with zero attached hydrogens (tertiary/aromatic N) is 1. The molecule has 2 aliphatic heterocycles. The molecule has 0 unspecified atom stereocenters. The van der Waals surface area contributed by atoms with E-state index < -0.39 is 0 Å². The quantitative estimate of drug-likeness (QED) is 0.749. The Hall–Kier alpha value is -1.85. The van der Waals surface area contributed by atoms with E-state index >= 15 is 0 Å². The zero-order valence-corrected chi connectivity index (χ0v) is 17.7. The maximum Gasteiger partial charge on any atom is 0.227 e. The number of rotatable bonds is 2. The van der Waals surface area contributed by atoms with Crippen molar-refractivity contribution in [1.82, 2.24) is 4.98 Å². The first-order valence-corrected chi connectivity index (χ1v) is 10.6. The van der Waals surface area contributed by atoms with Gasteiger partial charge in [0, 0.05) is 16.7 Å². The standard InChI is InChI=1S/C22H21NO2S2/c1-12-10-16-18-19(17-11-13(2)27-22(17,4)21(16,3)26-12)25-20(23-18)14-6-8-15(24-5)9-7-14/h6-11H,1-5H3/t21-,22-/m1/s1. The molecule has 0 amide bonds. The van der Waals surface area contributed by atoms with Crippen molar-refractivity contribution in [1.29, 1.82) is 0 Å². The summed E-state index contributed by atoms with van der Waals surface area (Å²) in [4.78, 5) is 7.61. The van der Waals surface area contributed by atoms with Crippen LogP contribution in [-0.2, 0) is 0 Å². The molecule has 3 heterocycles. The van der Waals surface area contributed by atoms with Gasteiger partial charge in [-0.3, -0.25) is 0 Å². The van der Waals surface area contributed by atoms with Gasteiger partial charge in [0.2, 0.25) is 5.89 Å². The van der Waals surface area contributed by atoms with E-state index in [0.717, 1.165) is 22.1 Å². The average molecular weight is 396 g/mol. The predicted octanol–water partition coefficient (Wildman–Crippen LogP) is 4.48. The summed E-state index contributed by atoms with van der Waals surface area (Å²) < 4.78 is 11.5. The second kappa shape index (κ2) is 5.58. The molecule has 0 saturated heterocycles. The zero-order valence-electron chi connectivity index (χ0n) is 16.0. The number of thioether (sulfide) groups is 2. The minimum absolute atomic E-state index is 0.0492. The van der Waals surface area contributed by atoms with Crippen LogP contribution in [0.25, 0.3) is 22.6 Å². The lowest BCUT2D eigenvalue weighted by Gasteiger charge is -2.43. The van der Waals surface area contributed by atoms with Crippen molar-refractivity contribution in [2.45, 2.75) is 37.2 Å². The van der Waals surface area contributed by atoms with Crippen molar-refractivity contribution >= 4 is 34.7 Å². The van der Waals surface area contributed by atoms with Crippen LogP contribution in [0.1, 0.15) is 27.7 Å². The van der Waals surface area contributed by atoms with Crippen molar-refractivity contribution in [2.75, 3.05) is 7.11 Å². The van der Waals surface area contributed by atoms with E-state index in [2.05, 4.69) is 39.8 Å². The van der Waals surface area contributed by atoms with E-state index in [1.807, 2.05) is 47.8 Å². The number of allylic oxidation sites excluding steroid dienone is 4. The number of hydrogen-bond acceptors (Lipinski definition) is 5. The number of fused-ring (bicyclic) bond motifs is 4. The molecule has 138 valence electrons. The first-order valence-electron chi connectivity index (χ1n) is 9.01. The Morgan fingerprint density at radius 3 is 2.15 bits per heavy atom. The Morgan fingerprint density at radius 2 is 1.52 bits per heavy atom. The van der Waals surface area contributed by atoms with Crippen molar-refractivity contribution in [3.05, 3.63) is 57.0 Å². The number of methoxy groups -OCH3 is 1. The van der Waals surface area contributed by atoms with Gasteiger partial charge in [-0.25, -0.2) is 4.98 Å². The van der Waals surface area contributed by atoms with Crippen LogP contribution in [0.5, 0.6) is 5.75 Å². The molecule has 5 heteroatoms. The molecule has 2 aromatic rings. The highest BCUT2D eigenvalue weighted by Crippen LogP contribution is 2.63. The Balaban J connectivity index is 1.83. The summed E-state index contributed by atoms with van der Waals surface area (Å²) in [5, 5.41) is 0.992. The number of hydrogen-bond donors (Lipinski definition) is 0. The molecule has 1 aliphatic carbocycles. The van der Waals surface area contributed by atoms with Crippen LogP contribution < -0.4 is 15.5 Å². The first-order chi connectivity index (χ1) is 12.9. The molecular formula is C22H21NO2S2. The second-order valence-electron chi connectivity index (χ2n) is 7.53. The van der Waals surface area contributed by atoms with Gasteiger partial charge in [0.1, 0.15) is 11.1 Å². The highest BCUT2D eigenvalue weighted by molar-refractivity contribution is 8.09. The molecular weight excluding hydrogens is 374 g/mol. The highest BCUT2D eigenvalue weighted by Gasteiger charge is 2.57. The van der Waals surface area contributed by atoms with Crippen LogP contribution in [0.4, 0.5) is 0 Å². The molecule has 0 bridgehead atoms. The number of ether oxygens (including phenoxy) is 1. The summed E-state index contributed by atoms with van der Waals surface area (Å²) in [6, 6.07) is 7.88. The topological polar surface area (TPSA) is 35.3 Å². The summed E-state index contributed by atoms with van der Waals surface area (Å²) in [5.41, 5.74) is 4.43. The van der Waals surface area contributed by atoms with Crippen LogP contribution in [-0.4, -0.2) is 21.6 Å². The van der Waals surface area contributed by atoms with Crippen molar-refractivity contribution in [3.8, 4) is 17.2 Å². The normalized spacial score (nSPS) is 28.5. The number of benzene rings is 1. The summed E-state index contributed by atoms with van der Waals surface area (Å²) in [6.07, 6.45) is 4.57. The van der Waals surface area contributed by atoms with Crippen molar-refractivity contribution in [3.63, 3.8) is 0 Å². The smallest absolute Gasteiger partial charge is 0.227 e. The Morgan fingerprint density at radius 1 is 0.926 bits per heavy atom. The molecule has 2 atom stereocenters. The van der Waals surface area contributed by atoms with Gasteiger partial charge in [-0.15, -0.1) is 23.5 Å². The second-order valence-corrected chi connectivity index (χ2v) is 10.9. The Labute approximate surface area is 167 Å². The lowest BCUT2D eigenvalue weighted by molar-refractivity contribution is 0.415. The third-order valence-corrected chi connectivity index (χ3v) is 8.91. The lowest BCUT2D eigenvalue weighted by Crippen LogP contribution is -2.53. The largest absolute Gasteiger partial charge is 0.497 e. The van der Waals surface area contributed by atoms with E-state index in [-0.39, 0.29) is 9.49 Å². The van der Waals surface area contributed by atoms with Crippen LogP contribution in [0.3, 0.4) is 0 Å². The van der Waals surface area contributed by atoms with Gasteiger partial charge in [-0.1, -0.05) is 0 Å². The van der Waals surface area contributed by atoms with Crippen LogP contribution in [0, 0.1) is 0 Å². The fourth-order valence-electron chi connectivity index (χ4n) is 4.32. The van der Waals surface area contributed by atoms with Crippen LogP contribution >= 0.6 is 23.5 Å². The first kappa shape index (κ1) is 17.3. The monoisotopic (exact) mass is 395 g/mol. The molecule has 0 saturated carbocycles. The molecule has 1 aromatic heterocycles. The highest BCUT2D eigenvalue weighted by atomic mass is 32.2. The SMILES string of the molecule is COc1ccc(-c2nc3c(o2)=C2C=C(C)S[C@@]2(C)[C@]2(C)SC(C)=CC=32)cc1. The predicted molar refractivity (Wildman–Crippen MR) is 114 cm³/mol. The van der Waals surface area contributed by atoms with Crippen molar-refractivity contribution in [2.24, 2.45) is 0 Å². The zero-order chi connectivity index (χ0) is 19.0. The number of aromatic nitrogens is 1. The molecule has 1 aromatic carbocycles. The summed E-state index contributed by atoms with van der Waals surface area (Å²) >= 11 is 3.90. The lowest BCUT2D eigenvalue weighted by atomic mass is 9.78. The molecule has 0 spiro atoms. The molecule has 3 nitrogen and oxygen atoms in total. The van der Waals surface area contributed by atoms with Gasteiger partial charge >= 0.3 is 0 Å². The Kier molecular flexibility index (Phi) is 3.57. The maximum atomic E-state index is 6.38. The molecule has 0 fully saturated rings. The number of oxazole rings is 1. The third kappa shape index (κ3) is 2.21. The fraction of sp³-hybridized carbons (Fsp3) is 0.318. The molecule has 0 radical (unpaired) electrons.